The number of fused-ring (bicyclic) bond motifs is 4. The van der Waals surface area contributed by atoms with Gasteiger partial charge in [-0.2, -0.15) is 4.31 Å². The Bertz CT molecular complexity index is 1220. The summed E-state index contributed by atoms with van der Waals surface area (Å²) in [5.41, 5.74) is 2.86. The zero-order valence-electron chi connectivity index (χ0n) is 15.5. The second-order valence-electron chi connectivity index (χ2n) is 7.64. The van der Waals surface area contributed by atoms with Gasteiger partial charge in [-0.3, -0.25) is 4.79 Å². The molecule has 2 atom stereocenters. The molecule has 0 radical (unpaired) electrons. The van der Waals surface area contributed by atoms with E-state index in [2.05, 4.69) is 0 Å². The SMILES string of the molecule is O=c1ccc(-c2ccc(Cl)cc2)c2n1C[C@@H]1C[C@@H]2CN(S(=O)(=O)c2cccs2)C1. The van der Waals surface area contributed by atoms with Crippen LogP contribution in [0.3, 0.4) is 0 Å². The van der Waals surface area contributed by atoms with Gasteiger partial charge in [0.15, 0.2) is 0 Å². The first-order valence-electron chi connectivity index (χ1n) is 9.47. The molecular weight excluding hydrogens is 428 g/mol. The van der Waals surface area contributed by atoms with E-state index < -0.39 is 10.0 Å². The van der Waals surface area contributed by atoms with Crippen LogP contribution < -0.4 is 5.56 Å². The van der Waals surface area contributed by atoms with Crippen molar-refractivity contribution < 1.29 is 8.42 Å². The average molecular weight is 447 g/mol. The van der Waals surface area contributed by atoms with E-state index in [0.717, 1.165) is 23.2 Å². The van der Waals surface area contributed by atoms with Crippen LogP contribution in [0.25, 0.3) is 11.1 Å². The number of pyridine rings is 1. The maximum atomic E-state index is 13.1. The third kappa shape index (κ3) is 3.26. The van der Waals surface area contributed by atoms with Gasteiger partial charge in [-0.1, -0.05) is 29.8 Å². The molecule has 2 aliphatic heterocycles. The molecule has 0 aliphatic carbocycles. The van der Waals surface area contributed by atoms with Gasteiger partial charge >= 0.3 is 0 Å². The maximum Gasteiger partial charge on any atom is 0.252 e. The molecule has 29 heavy (non-hydrogen) atoms. The van der Waals surface area contributed by atoms with Crippen molar-refractivity contribution in [1.82, 2.24) is 8.87 Å². The molecule has 150 valence electrons. The van der Waals surface area contributed by atoms with Gasteiger partial charge in [-0.05, 0) is 47.5 Å². The van der Waals surface area contributed by atoms with Gasteiger partial charge in [0.1, 0.15) is 4.21 Å². The number of nitrogens with zero attached hydrogens (tertiary/aromatic N) is 2. The number of hydrogen-bond acceptors (Lipinski definition) is 4. The highest BCUT2D eigenvalue weighted by Gasteiger charge is 2.40. The van der Waals surface area contributed by atoms with Crippen molar-refractivity contribution in [2.45, 2.75) is 23.1 Å². The number of aromatic nitrogens is 1. The predicted molar refractivity (Wildman–Crippen MR) is 115 cm³/mol. The number of thiophene rings is 1. The molecule has 5 rings (SSSR count). The molecule has 2 bridgehead atoms. The van der Waals surface area contributed by atoms with E-state index in [-0.39, 0.29) is 17.4 Å². The monoisotopic (exact) mass is 446 g/mol. The first-order chi connectivity index (χ1) is 13.9. The maximum absolute atomic E-state index is 13.1. The Balaban J connectivity index is 1.59. The lowest BCUT2D eigenvalue weighted by atomic mass is 9.81. The van der Waals surface area contributed by atoms with Crippen molar-refractivity contribution in [2.75, 3.05) is 13.1 Å². The van der Waals surface area contributed by atoms with Crippen molar-refractivity contribution in [3.63, 3.8) is 0 Å². The smallest absolute Gasteiger partial charge is 0.252 e. The topological polar surface area (TPSA) is 59.4 Å². The van der Waals surface area contributed by atoms with E-state index in [0.29, 0.717) is 28.9 Å². The molecule has 0 saturated carbocycles. The number of halogens is 1. The molecule has 5 nitrogen and oxygen atoms in total. The van der Waals surface area contributed by atoms with Gasteiger partial charge in [0.25, 0.3) is 15.6 Å². The van der Waals surface area contributed by atoms with Crippen LogP contribution in [0.15, 0.2) is 62.9 Å². The Kier molecular flexibility index (Phi) is 4.66. The predicted octanol–water partition coefficient (Wildman–Crippen LogP) is 4.04. The highest BCUT2D eigenvalue weighted by Crippen LogP contribution is 2.41. The van der Waals surface area contributed by atoms with Crippen LogP contribution >= 0.6 is 22.9 Å². The van der Waals surface area contributed by atoms with Crippen LogP contribution in [-0.2, 0) is 16.6 Å². The van der Waals surface area contributed by atoms with E-state index in [1.807, 2.05) is 34.9 Å². The molecule has 4 heterocycles. The molecular formula is C21H19ClN2O3S2. The molecule has 0 spiro atoms. The van der Waals surface area contributed by atoms with E-state index in [1.165, 1.54) is 11.3 Å². The van der Waals surface area contributed by atoms with Crippen LogP contribution in [-0.4, -0.2) is 30.4 Å². The second-order valence-corrected chi connectivity index (χ2v) is 11.2. The summed E-state index contributed by atoms with van der Waals surface area (Å²) >= 11 is 7.29. The molecule has 0 N–H and O–H groups in total. The first-order valence-corrected chi connectivity index (χ1v) is 12.2. The summed E-state index contributed by atoms with van der Waals surface area (Å²) < 4.78 is 30.0. The average Bonchev–Trinajstić information content (AvgIpc) is 3.25. The van der Waals surface area contributed by atoms with Crippen molar-refractivity contribution in [1.29, 1.82) is 0 Å². The highest BCUT2D eigenvalue weighted by molar-refractivity contribution is 7.91. The minimum atomic E-state index is -3.51. The summed E-state index contributed by atoms with van der Waals surface area (Å²) in [6.45, 7) is 1.39. The van der Waals surface area contributed by atoms with Crippen molar-refractivity contribution in [2.24, 2.45) is 5.92 Å². The summed E-state index contributed by atoms with van der Waals surface area (Å²) in [6, 6.07) is 14.4. The minimum absolute atomic E-state index is 0.0168. The third-order valence-corrected chi connectivity index (χ3v) is 9.26. The summed E-state index contributed by atoms with van der Waals surface area (Å²) in [5, 5.41) is 2.44. The van der Waals surface area contributed by atoms with Crippen LogP contribution in [0.1, 0.15) is 18.0 Å². The Morgan fingerprint density at radius 1 is 1.00 bits per heavy atom. The van der Waals surface area contributed by atoms with Gasteiger partial charge in [0, 0.05) is 47.9 Å². The number of piperidine rings is 1. The molecule has 1 aromatic carbocycles. The fraction of sp³-hybridized carbons (Fsp3) is 0.286. The zero-order chi connectivity index (χ0) is 20.2. The summed E-state index contributed by atoms with van der Waals surface area (Å²) in [6.07, 6.45) is 0.889. The number of benzene rings is 1. The summed E-state index contributed by atoms with van der Waals surface area (Å²) in [7, 11) is -3.51. The standard InChI is InChI=1S/C21H19ClN2O3S2/c22-17-5-3-15(4-6-17)18-7-8-19(25)24-12-14-10-16(21(18)24)13-23(11-14)29(26,27)20-2-1-9-28-20/h1-9,14,16H,10-13H2/t14-,16-/m1/s1. The van der Waals surface area contributed by atoms with Gasteiger partial charge in [-0.15, -0.1) is 11.3 Å². The molecule has 3 aromatic rings. The van der Waals surface area contributed by atoms with Crippen LogP contribution in [0.4, 0.5) is 0 Å². The molecule has 8 heteroatoms. The molecule has 1 saturated heterocycles. The van der Waals surface area contributed by atoms with Gasteiger partial charge in [-0.25, -0.2) is 8.42 Å². The van der Waals surface area contributed by atoms with Crippen LogP contribution in [0.2, 0.25) is 5.02 Å². The lowest BCUT2D eigenvalue weighted by Gasteiger charge is -2.42. The van der Waals surface area contributed by atoms with Gasteiger partial charge in [0.2, 0.25) is 0 Å². The second kappa shape index (κ2) is 7.09. The molecule has 2 aromatic heterocycles. The van der Waals surface area contributed by atoms with E-state index in [1.54, 1.807) is 27.9 Å². The Labute approximate surface area is 178 Å². The van der Waals surface area contributed by atoms with Crippen molar-refractivity contribution in [3.05, 3.63) is 75.0 Å². The lowest BCUT2D eigenvalue weighted by Crippen LogP contribution is -2.49. The zero-order valence-corrected chi connectivity index (χ0v) is 17.9. The number of hydrogen-bond donors (Lipinski definition) is 0. The molecule has 0 amide bonds. The third-order valence-electron chi connectivity index (χ3n) is 5.80. The fourth-order valence-corrected chi connectivity index (χ4v) is 7.41. The van der Waals surface area contributed by atoms with E-state index in [4.69, 9.17) is 11.6 Å². The Morgan fingerprint density at radius 2 is 1.79 bits per heavy atom. The fourth-order valence-electron chi connectivity index (χ4n) is 4.58. The highest BCUT2D eigenvalue weighted by atomic mass is 35.5. The largest absolute Gasteiger partial charge is 0.311 e. The van der Waals surface area contributed by atoms with Gasteiger partial charge in [0.05, 0.1) is 0 Å². The molecule has 1 fully saturated rings. The van der Waals surface area contributed by atoms with Crippen LogP contribution in [0, 0.1) is 5.92 Å². The van der Waals surface area contributed by atoms with E-state index >= 15 is 0 Å². The van der Waals surface area contributed by atoms with Gasteiger partial charge < -0.3 is 4.57 Å². The van der Waals surface area contributed by atoms with E-state index in [9.17, 15) is 13.2 Å². The Hall–Kier alpha value is -1.93. The van der Waals surface area contributed by atoms with Crippen molar-refractivity contribution >= 4 is 33.0 Å². The lowest BCUT2D eigenvalue weighted by molar-refractivity contribution is 0.187. The number of rotatable bonds is 3. The number of sulfonamides is 1. The quantitative estimate of drug-likeness (QED) is 0.610. The van der Waals surface area contributed by atoms with Crippen LogP contribution in [0.5, 0.6) is 0 Å². The minimum Gasteiger partial charge on any atom is -0.311 e. The Morgan fingerprint density at radius 3 is 2.52 bits per heavy atom. The summed E-state index contributed by atoms with van der Waals surface area (Å²) in [4.78, 5) is 12.6. The normalized spacial score (nSPS) is 21.7. The molecule has 2 aliphatic rings. The first kappa shape index (κ1) is 19.1. The summed E-state index contributed by atoms with van der Waals surface area (Å²) in [5.74, 6) is 0.117. The van der Waals surface area contributed by atoms with Crippen molar-refractivity contribution in [3.8, 4) is 11.1 Å². The molecule has 0 unspecified atom stereocenters.